The van der Waals surface area contributed by atoms with E-state index in [4.69, 9.17) is 23.7 Å². The summed E-state index contributed by atoms with van der Waals surface area (Å²) in [4.78, 5) is 38.9. The van der Waals surface area contributed by atoms with Crippen LogP contribution >= 0.6 is 0 Å². The molecule has 1 amide bonds. The number of piperidine rings is 1. The second kappa shape index (κ2) is 22.7. The van der Waals surface area contributed by atoms with Crippen LogP contribution in [-0.4, -0.2) is 55.5 Å². The Hall–Kier alpha value is -3.75. The molecule has 0 radical (unpaired) electrons. The molecule has 1 aliphatic rings. The molecule has 0 atom stereocenters. The van der Waals surface area contributed by atoms with Crippen LogP contribution < -0.4 is 14.2 Å². The van der Waals surface area contributed by atoms with Crippen molar-refractivity contribution < 1.29 is 38.1 Å². The molecule has 260 valence electrons. The summed E-state index contributed by atoms with van der Waals surface area (Å²) in [6, 6.07) is 13.3. The van der Waals surface area contributed by atoms with Gasteiger partial charge in [0.05, 0.1) is 18.8 Å². The average Bonchev–Trinajstić information content (AvgIpc) is 3.08. The molecule has 0 N–H and O–H groups in total. The minimum absolute atomic E-state index is 0.287. The van der Waals surface area contributed by atoms with E-state index in [2.05, 4.69) is 13.8 Å². The van der Waals surface area contributed by atoms with E-state index < -0.39 is 18.2 Å². The van der Waals surface area contributed by atoms with Crippen molar-refractivity contribution in [1.29, 1.82) is 0 Å². The summed E-state index contributed by atoms with van der Waals surface area (Å²) in [6.45, 7) is 6.27. The number of rotatable bonds is 21. The fourth-order valence-corrected chi connectivity index (χ4v) is 5.38. The number of benzene rings is 2. The Morgan fingerprint density at radius 2 is 1.11 bits per heavy atom. The molecule has 0 bridgehead atoms. The van der Waals surface area contributed by atoms with Gasteiger partial charge in [0, 0.05) is 25.9 Å². The van der Waals surface area contributed by atoms with Gasteiger partial charge >= 0.3 is 18.2 Å². The number of unbranched alkanes of at least 4 members (excludes halogenated alkanes) is 12. The van der Waals surface area contributed by atoms with Gasteiger partial charge in [-0.25, -0.2) is 14.4 Å². The summed E-state index contributed by atoms with van der Waals surface area (Å²) in [7, 11) is 0. The molecule has 2 aromatic carbocycles. The maximum Gasteiger partial charge on any atom is 0.508 e. The molecule has 0 aliphatic carbocycles. The summed E-state index contributed by atoms with van der Waals surface area (Å²) in [5, 5.41) is 0. The molecule has 1 saturated heterocycles. The Morgan fingerprint density at radius 3 is 1.70 bits per heavy atom. The first-order valence-corrected chi connectivity index (χ1v) is 17.8. The minimum Gasteiger partial charge on any atom is -0.494 e. The Morgan fingerprint density at radius 1 is 0.617 bits per heavy atom. The average molecular weight is 654 g/mol. The molecule has 47 heavy (non-hydrogen) atoms. The van der Waals surface area contributed by atoms with Gasteiger partial charge in [-0.1, -0.05) is 90.9 Å². The zero-order chi connectivity index (χ0) is 33.5. The number of likely N-dealkylation sites (tertiary alicyclic amines) is 1. The van der Waals surface area contributed by atoms with Crippen LogP contribution in [0.3, 0.4) is 0 Å². The van der Waals surface area contributed by atoms with Crippen LogP contribution in [0.2, 0.25) is 0 Å². The van der Waals surface area contributed by atoms with Gasteiger partial charge < -0.3 is 28.6 Å². The SMILES string of the molecule is CCCCCCCCCCOc1ccc(OC(=O)c2ccc(OC(=O)N3CCC(OC(=O)OCCCCCCCC)CC3)cc2)cc1. The second-order valence-electron chi connectivity index (χ2n) is 12.2. The van der Waals surface area contributed by atoms with Crippen molar-refractivity contribution in [3.05, 3.63) is 54.1 Å². The monoisotopic (exact) mass is 653 g/mol. The van der Waals surface area contributed by atoms with Crippen LogP contribution in [0.15, 0.2) is 48.5 Å². The van der Waals surface area contributed by atoms with Gasteiger partial charge in [0.25, 0.3) is 0 Å². The zero-order valence-electron chi connectivity index (χ0n) is 28.6. The Balaban J connectivity index is 1.29. The number of hydrogen-bond donors (Lipinski definition) is 0. The van der Waals surface area contributed by atoms with E-state index in [-0.39, 0.29) is 6.10 Å². The normalized spacial score (nSPS) is 13.2. The van der Waals surface area contributed by atoms with Crippen molar-refractivity contribution in [1.82, 2.24) is 4.90 Å². The molecule has 0 unspecified atom stereocenters. The Kier molecular flexibility index (Phi) is 18.2. The summed E-state index contributed by atoms with van der Waals surface area (Å²) in [6.07, 6.45) is 16.3. The van der Waals surface area contributed by atoms with Gasteiger partial charge in [0.1, 0.15) is 23.4 Å². The lowest BCUT2D eigenvalue weighted by atomic mass is 10.1. The van der Waals surface area contributed by atoms with Crippen molar-refractivity contribution in [3.63, 3.8) is 0 Å². The summed E-state index contributed by atoms with van der Waals surface area (Å²) < 4.78 is 27.4. The first-order valence-electron chi connectivity index (χ1n) is 17.8. The third-order valence-corrected chi connectivity index (χ3v) is 8.28. The minimum atomic E-state index is -0.645. The lowest BCUT2D eigenvalue weighted by molar-refractivity contribution is 0.00175. The van der Waals surface area contributed by atoms with Gasteiger partial charge in [-0.05, 0) is 61.4 Å². The fraction of sp³-hybridized carbons (Fsp3) is 0.605. The number of nitrogens with zero attached hydrogens (tertiary/aromatic N) is 1. The summed E-state index contributed by atoms with van der Waals surface area (Å²) in [5.41, 5.74) is 0.334. The van der Waals surface area contributed by atoms with Gasteiger partial charge in [-0.2, -0.15) is 0 Å². The standard InChI is InChI=1S/C38H55NO8/c1-3-5-7-9-11-12-14-15-29-43-32-21-23-33(24-22-32)45-36(40)31-17-19-34(20-18-31)46-37(41)39-27-25-35(26-28-39)47-38(42)44-30-16-13-10-8-6-4-2/h17-24,35H,3-16,25-30H2,1-2H3. The molecule has 1 aliphatic heterocycles. The van der Waals surface area contributed by atoms with Gasteiger partial charge in [-0.3, -0.25) is 0 Å². The molecule has 1 heterocycles. The highest BCUT2D eigenvalue weighted by molar-refractivity contribution is 5.91. The van der Waals surface area contributed by atoms with Crippen molar-refractivity contribution >= 4 is 18.2 Å². The summed E-state index contributed by atoms with van der Waals surface area (Å²) >= 11 is 0. The van der Waals surface area contributed by atoms with Crippen molar-refractivity contribution in [2.75, 3.05) is 26.3 Å². The van der Waals surface area contributed by atoms with Gasteiger partial charge in [0.15, 0.2) is 0 Å². The molecule has 1 fully saturated rings. The lowest BCUT2D eigenvalue weighted by Crippen LogP contribution is -2.42. The quantitative estimate of drug-likeness (QED) is 0.0746. The number of carbonyl (C=O) groups is 3. The van der Waals surface area contributed by atoms with Crippen LogP contribution in [0, 0.1) is 0 Å². The third-order valence-electron chi connectivity index (χ3n) is 8.28. The molecule has 9 nitrogen and oxygen atoms in total. The van der Waals surface area contributed by atoms with Gasteiger partial charge in [0.2, 0.25) is 0 Å². The molecular weight excluding hydrogens is 598 g/mol. The number of esters is 1. The van der Waals surface area contributed by atoms with E-state index in [0.29, 0.717) is 56.2 Å². The third kappa shape index (κ3) is 15.6. The van der Waals surface area contributed by atoms with E-state index in [1.54, 1.807) is 53.4 Å². The largest absolute Gasteiger partial charge is 0.508 e. The molecular formula is C38H55NO8. The number of hydrogen-bond acceptors (Lipinski definition) is 8. The van der Waals surface area contributed by atoms with E-state index in [9.17, 15) is 14.4 Å². The van der Waals surface area contributed by atoms with Crippen LogP contribution in [-0.2, 0) is 9.47 Å². The molecule has 0 aromatic heterocycles. The van der Waals surface area contributed by atoms with Crippen LogP contribution in [0.4, 0.5) is 9.59 Å². The maximum absolute atomic E-state index is 12.7. The predicted molar refractivity (Wildman–Crippen MR) is 182 cm³/mol. The number of carbonyl (C=O) groups excluding carboxylic acids is 3. The topological polar surface area (TPSA) is 101 Å². The first kappa shape index (κ1) is 37.7. The van der Waals surface area contributed by atoms with E-state index in [1.165, 1.54) is 64.2 Å². The predicted octanol–water partition coefficient (Wildman–Crippen LogP) is 9.90. The van der Waals surface area contributed by atoms with E-state index >= 15 is 0 Å². The van der Waals surface area contributed by atoms with Crippen LogP contribution in [0.25, 0.3) is 0 Å². The number of amides is 1. The molecule has 3 rings (SSSR count). The van der Waals surface area contributed by atoms with Crippen molar-refractivity contribution in [2.24, 2.45) is 0 Å². The van der Waals surface area contributed by atoms with E-state index in [0.717, 1.165) is 31.4 Å². The number of ether oxygens (including phenoxy) is 5. The zero-order valence-corrected chi connectivity index (χ0v) is 28.6. The summed E-state index contributed by atoms with van der Waals surface area (Å²) in [5.74, 6) is 0.976. The maximum atomic E-state index is 12.7. The smallest absolute Gasteiger partial charge is 0.494 e. The second-order valence-corrected chi connectivity index (χ2v) is 12.2. The highest BCUT2D eigenvalue weighted by Crippen LogP contribution is 2.22. The van der Waals surface area contributed by atoms with Crippen LogP contribution in [0.5, 0.6) is 17.2 Å². The van der Waals surface area contributed by atoms with E-state index in [1.807, 2.05) is 0 Å². The lowest BCUT2D eigenvalue weighted by Gasteiger charge is -2.30. The molecule has 0 spiro atoms. The van der Waals surface area contributed by atoms with Crippen molar-refractivity contribution in [2.45, 2.75) is 123 Å². The Bertz CT molecular complexity index is 1160. The van der Waals surface area contributed by atoms with Gasteiger partial charge in [-0.15, -0.1) is 0 Å². The van der Waals surface area contributed by atoms with Crippen LogP contribution in [0.1, 0.15) is 127 Å². The highest BCUT2D eigenvalue weighted by Gasteiger charge is 2.27. The highest BCUT2D eigenvalue weighted by atomic mass is 16.7. The molecule has 9 heteroatoms. The fourth-order valence-electron chi connectivity index (χ4n) is 5.38. The van der Waals surface area contributed by atoms with Crippen molar-refractivity contribution in [3.8, 4) is 17.2 Å². The Labute approximate surface area is 281 Å². The first-order chi connectivity index (χ1) is 23.0. The molecule has 2 aromatic rings. The molecule has 0 saturated carbocycles.